The van der Waals surface area contributed by atoms with Crippen LogP contribution in [-0.2, 0) is 0 Å². The molecule has 24 heavy (non-hydrogen) atoms. The molecule has 126 valence electrons. The minimum Gasteiger partial charge on any atom is -0.493 e. The summed E-state index contributed by atoms with van der Waals surface area (Å²) in [5, 5.41) is 1.06. The van der Waals surface area contributed by atoms with Gasteiger partial charge in [-0.05, 0) is 50.6 Å². The van der Waals surface area contributed by atoms with Gasteiger partial charge in [-0.25, -0.2) is 0 Å². The second-order valence-corrected chi connectivity index (χ2v) is 6.32. The molecule has 0 saturated carbocycles. The summed E-state index contributed by atoms with van der Waals surface area (Å²) in [6.45, 7) is 4.28. The van der Waals surface area contributed by atoms with Gasteiger partial charge in [0.25, 0.3) is 0 Å². The summed E-state index contributed by atoms with van der Waals surface area (Å²) in [5.41, 5.74) is 3.02. The molecule has 3 aromatic rings. The second kappa shape index (κ2) is 6.69. The fourth-order valence-electron chi connectivity index (χ4n) is 3.47. The highest BCUT2D eigenvalue weighted by atomic mass is 16.5. The lowest BCUT2D eigenvalue weighted by Crippen LogP contribution is -2.21. The van der Waals surface area contributed by atoms with Crippen LogP contribution >= 0.6 is 0 Å². The molecule has 0 spiro atoms. The van der Waals surface area contributed by atoms with Crippen LogP contribution in [0.5, 0.6) is 11.5 Å². The Morgan fingerprint density at radius 1 is 1.17 bits per heavy atom. The van der Waals surface area contributed by atoms with Crippen molar-refractivity contribution in [3.63, 3.8) is 0 Å². The van der Waals surface area contributed by atoms with E-state index in [0.717, 1.165) is 46.4 Å². The zero-order valence-corrected chi connectivity index (χ0v) is 14.0. The van der Waals surface area contributed by atoms with Crippen LogP contribution in [0.3, 0.4) is 0 Å². The second-order valence-electron chi connectivity index (χ2n) is 6.32. The number of aromatic amines is 1. The number of nitrogens with zero attached hydrogens (tertiary/aromatic N) is 2. The van der Waals surface area contributed by atoms with E-state index in [4.69, 9.17) is 9.47 Å². The molecule has 1 N–H and O–H groups in total. The minimum atomic E-state index is 0.705. The first-order valence-corrected chi connectivity index (χ1v) is 8.65. The van der Waals surface area contributed by atoms with Gasteiger partial charge in [-0.1, -0.05) is 0 Å². The molecule has 1 aromatic carbocycles. The molecule has 0 radical (unpaired) electrons. The van der Waals surface area contributed by atoms with E-state index in [1.54, 1.807) is 7.11 Å². The number of pyridine rings is 1. The van der Waals surface area contributed by atoms with E-state index < -0.39 is 0 Å². The van der Waals surface area contributed by atoms with E-state index in [0.29, 0.717) is 6.61 Å². The topological polar surface area (TPSA) is 50.4 Å². The quantitative estimate of drug-likeness (QED) is 0.704. The molecule has 0 amide bonds. The Kier molecular flexibility index (Phi) is 4.26. The SMILES string of the molecule is COc1cc2c(cc1OCCCN1CCCC1)[nH]c1cccnc12. The van der Waals surface area contributed by atoms with Gasteiger partial charge in [0.15, 0.2) is 11.5 Å². The Labute approximate surface area is 141 Å². The Morgan fingerprint density at radius 3 is 2.88 bits per heavy atom. The van der Waals surface area contributed by atoms with Gasteiger partial charge in [-0.15, -0.1) is 0 Å². The molecule has 1 saturated heterocycles. The lowest BCUT2D eigenvalue weighted by molar-refractivity contribution is 0.254. The van der Waals surface area contributed by atoms with Gasteiger partial charge >= 0.3 is 0 Å². The molecule has 1 aliphatic heterocycles. The third-order valence-electron chi connectivity index (χ3n) is 4.71. The fourth-order valence-corrected chi connectivity index (χ4v) is 3.47. The van der Waals surface area contributed by atoms with Crippen molar-refractivity contribution in [2.75, 3.05) is 33.4 Å². The highest BCUT2D eigenvalue weighted by Crippen LogP contribution is 2.35. The average molecular weight is 325 g/mol. The van der Waals surface area contributed by atoms with Crippen LogP contribution < -0.4 is 9.47 Å². The van der Waals surface area contributed by atoms with Gasteiger partial charge in [0.1, 0.15) is 0 Å². The zero-order valence-electron chi connectivity index (χ0n) is 14.0. The lowest BCUT2D eigenvalue weighted by Gasteiger charge is -2.15. The molecule has 5 heteroatoms. The first-order chi connectivity index (χ1) is 11.8. The maximum atomic E-state index is 6.00. The average Bonchev–Trinajstić information content (AvgIpc) is 3.25. The van der Waals surface area contributed by atoms with Crippen LogP contribution in [0.2, 0.25) is 0 Å². The van der Waals surface area contributed by atoms with Gasteiger partial charge < -0.3 is 19.4 Å². The van der Waals surface area contributed by atoms with Crippen molar-refractivity contribution >= 4 is 21.9 Å². The number of hydrogen-bond donors (Lipinski definition) is 1. The molecular formula is C19H23N3O2. The number of rotatable bonds is 6. The van der Waals surface area contributed by atoms with Crippen molar-refractivity contribution in [1.29, 1.82) is 0 Å². The summed E-state index contributed by atoms with van der Waals surface area (Å²) in [6.07, 6.45) is 5.51. The Morgan fingerprint density at radius 2 is 2.04 bits per heavy atom. The largest absolute Gasteiger partial charge is 0.493 e. The van der Waals surface area contributed by atoms with Crippen LogP contribution in [-0.4, -0.2) is 48.2 Å². The predicted octanol–water partition coefficient (Wildman–Crippen LogP) is 3.59. The lowest BCUT2D eigenvalue weighted by atomic mass is 10.2. The first kappa shape index (κ1) is 15.3. The third kappa shape index (κ3) is 2.91. The van der Waals surface area contributed by atoms with Crippen molar-refractivity contribution < 1.29 is 9.47 Å². The number of benzene rings is 1. The zero-order chi connectivity index (χ0) is 16.4. The molecule has 3 heterocycles. The maximum absolute atomic E-state index is 6.00. The summed E-state index contributed by atoms with van der Waals surface area (Å²) < 4.78 is 11.5. The van der Waals surface area contributed by atoms with E-state index in [9.17, 15) is 0 Å². The molecule has 0 unspecified atom stereocenters. The van der Waals surface area contributed by atoms with Crippen molar-refractivity contribution in [3.8, 4) is 11.5 Å². The predicted molar refractivity (Wildman–Crippen MR) is 95.9 cm³/mol. The summed E-state index contributed by atoms with van der Waals surface area (Å²) >= 11 is 0. The number of aromatic nitrogens is 2. The summed E-state index contributed by atoms with van der Waals surface area (Å²) in [4.78, 5) is 10.4. The molecule has 0 aliphatic carbocycles. The number of ether oxygens (including phenoxy) is 2. The van der Waals surface area contributed by atoms with E-state index in [-0.39, 0.29) is 0 Å². The van der Waals surface area contributed by atoms with Crippen LogP contribution in [0.25, 0.3) is 21.9 Å². The van der Waals surface area contributed by atoms with Crippen molar-refractivity contribution in [3.05, 3.63) is 30.5 Å². The molecular weight excluding hydrogens is 302 g/mol. The molecule has 1 aliphatic rings. The number of hydrogen-bond acceptors (Lipinski definition) is 4. The van der Waals surface area contributed by atoms with Gasteiger partial charge in [0.05, 0.1) is 30.3 Å². The monoisotopic (exact) mass is 325 g/mol. The number of methoxy groups -OCH3 is 1. The maximum Gasteiger partial charge on any atom is 0.163 e. The Bertz CT molecular complexity index is 837. The number of nitrogens with one attached hydrogen (secondary N) is 1. The van der Waals surface area contributed by atoms with Gasteiger partial charge in [0.2, 0.25) is 0 Å². The molecule has 4 rings (SSSR count). The summed E-state index contributed by atoms with van der Waals surface area (Å²) in [6, 6.07) is 8.00. The Balaban J connectivity index is 1.52. The van der Waals surface area contributed by atoms with E-state index in [2.05, 4.69) is 14.9 Å². The minimum absolute atomic E-state index is 0.705. The van der Waals surface area contributed by atoms with E-state index in [1.807, 2.05) is 30.5 Å². The van der Waals surface area contributed by atoms with Crippen LogP contribution in [0.4, 0.5) is 0 Å². The molecule has 2 aromatic heterocycles. The van der Waals surface area contributed by atoms with Crippen LogP contribution in [0.15, 0.2) is 30.5 Å². The van der Waals surface area contributed by atoms with Gasteiger partial charge in [0, 0.05) is 24.2 Å². The number of fused-ring (bicyclic) bond motifs is 3. The molecule has 0 bridgehead atoms. The number of H-pyrrole nitrogens is 1. The van der Waals surface area contributed by atoms with Gasteiger partial charge in [-0.2, -0.15) is 0 Å². The van der Waals surface area contributed by atoms with Gasteiger partial charge in [-0.3, -0.25) is 4.98 Å². The highest BCUT2D eigenvalue weighted by molar-refractivity contribution is 6.05. The Hall–Kier alpha value is -2.27. The molecule has 1 fully saturated rings. The summed E-state index contributed by atoms with van der Waals surface area (Å²) in [5.74, 6) is 1.55. The van der Waals surface area contributed by atoms with Crippen molar-refractivity contribution in [2.45, 2.75) is 19.3 Å². The third-order valence-corrected chi connectivity index (χ3v) is 4.71. The molecule has 5 nitrogen and oxygen atoms in total. The summed E-state index contributed by atoms with van der Waals surface area (Å²) in [7, 11) is 1.68. The van der Waals surface area contributed by atoms with Crippen LogP contribution in [0, 0.1) is 0 Å². The molecule has 0 atom stereocenters. The fraction of sp³-hybridized carbons (Fsp3) is 0.421. The normalized spacial score (nSPS) is 15.4. The first-order valence-electron chi connectivity index (χ1n) is 8.65. The van der Waals surface area contributed by atoms with Crippen LogP contribution in [0.1, 0.15) is 19.3 Å². The van der Waals surface area contributed by atoms with Crippen molar-refractivity contribution in [2.24, 2.45) is 0 Å². The van der Waals surface area contributed by atoms with E-state index >= 15 is 0 Å². The standard InChI is InChI=1S/C19H23N3O2/c1-23-17-12-14-16(21-15-6-4-7-20-19(14)15)13-18(17)24-11-5-10-22-8-2-3-9-22/h4,6-7,12-13,21H,2-3,5,8-11H2,1H3. The van der Waals surface area contributed by atoms with Crippen molar-refractivity contribution in [1.82, 2.24) is 14.9 Å². The van der Waals surface area contributed by atoms with E-state index in [1.165, 1.54) is 25.9 Å². The number of likely N-dealkylation sites (tertiary alicyclic amines) is 1. The highest BCUT2D eigenvalue weighted by Gasteiger charge is 2.13. The smallest absolute Gasteiger partial charge is 0.163 e.